The Morgan fingerprint density at radius 3 is 2.50 bits per heavy atom. The lowest BCUT2D eigenvalue weighted by atomic mass is 10.1. The largest absolute Gasteiger partial charge is 0.399 e. The van der Waals surface area contributed by atoms with E-state index in [-0.39, 0.29) is 5.91 Å². The molecule has 0 aliphatic heterocycles. The Balaban J connectivity index is 2.06. The van der Waals surface area contributed by atoms with Gasteiger partial charge in [0, 0.05) is 23.5 Å². The molecular formula is C15H14N4O. The van der Waals surface area contributed by atoms with Crippen molar-refractivity contribution in [3.8, 4) is 6.07 Å². The molecule has 2 aromatic rings. The first kappa shape index (κ1) is 13.4. The molecule has 0 saturated carbocycles. The Bertz CT molecular complexity index is 668. The van der Waals surface area contributed by atoms with Crippen molar-refractivity contribution in [1.82, 2.24) is 5.32 Å². The second-order valence-electron chi connectivity index (χ2n) is 4.38. The number of hydrogen-bond donors (Lipinski definition) is 3. The van der Waals surface area contributed by atoms with Crippen molar-refractivity contribution in [1.29, 1.82) is 5.26 Å². The minimum atomic E-state index is -0.258. The number of nitrogens with zero attached hydrogens (tertiary/aromatic N) is 1. The first-order valence-electron chi connectivity index (χ1n) is 6.02. The molecule has 0 aliphatic carbocycles. The topological polar surface area (TPSA) is 105 Å². The van der Waals surface area contributed by atoms with Gasteiger partial charge in [0.2, 0.25) is 0 Å². The van der Waals surface area contributed by atoms with E-state index >= 15 is 0 Å². The maximum absolute atomic E-state index is 12.0. The summed E-state index contributed by atoms with van der Waals surface area (Å²) in [6.45, 7) is 0.336. The second-order valence-corrected chi connectivity index (χ2v) is 4.38. The van der Waals surface area contributed by atoms with Crippen LogP contribution in [0.15, 0.2) is 42.5 Å². The molecule has 20 heavy (non-hydrogen) atoms. The maximum atomic E-state index is 12.0. The number of carbonyl (C=O) groups excluding carboxylic acids is 1. The summed E-state index contributed by atoms with van der Waals surface area (Å²) in [4.78, 5) is 12.0. The number of nitriles is 1. The zero-order valence-corrected chi connectivity index (χ0v) is 10.8. The fourth-order valence-electron chi connectivity index (χ4n) is 1.84. The molecule has 0 heterocycles. The zero-order chi connectivity index (χ0) is 14.5. The Labute approximate surface area is 116 Å². The quantitative estimate of drug-likeness (QED) is 0.734. The summed E-state index contributed by atoms with van der Waals surface area (Å²) in [5, 5.41) is 11.6. The SMILES string of the molecule is N#Cc1cccc(CNC(=O)c2cc(N)cc(N)c2)c1. The molecule has 0 spiro atoms. The maximum Gasteiger partial charge on any atom is 0.251 e. The summed E-state index contributed by atoms with van der Waals surface area (Å²) < 4.78 is 0. The summed E-state index contributed by atoms with van der Waals surface area (Å²) in [6, 6.07) is 13.8. The van der Waals surface area contributed by atoms with Crippen LogP contribution < -0.4 is 16.8 Å². The van der Waals surface area contributed by atoms with E-state index in [4.69, 9.17) is 16.7 Å². The average Bonchev–Trinajstić information content (AvgIpc) is 2.44. The van der Waals surface area contributed by atoms with Gasteiger partial charge in [0.1, 0.15) is 0 Å². The van der Waals surface area contributed by atoms with E-state index in [0.29, 0.717) is 29.0 Å². The van der Waals surface area contributed by atoms with Crippen LogP contribution in [0.3, 0.4) is 0 Å². The minimum Gasteiger partial charge on any atom is -0.399 e. The van der Waals surface area contributed by atoms with Crippen molar-refractivity contribution < 1.29 is 4.79 Å². The van der Waals surface area contributed by atoms with Crippen LogP contribution in [0.5, 0.6) is 0 Å². The van der Waals surface area contributed by atoms with Gasteiger partial charge in [-0.2, -0.15) is 5.26 Å². The molecule has 1 amide bonds. The molecule has 0 fully saturated rings. The molecule has 0 aliphatic rings. The molecule has 0 atom stereocenters. The number of hydrogen-bond acceptors (Lipinski definition) is 4. The normalized spacial score (nSPS) is 9.75. The first-order chi connectivity index (χ1) is 9.58. The number of carbonyl (C=O) groups is 1. The number of anilines is 2. The van der Waals surface area contributed by atoms with E-state index in [0.717, 1.165) is 5.56 Å². The van der Waals surface area contributed by atoms with Crippen LogP contribution in [0.4, 0.5) is 11.4 Å². The lowest BCUT2D eigenvalue weighted by Crippen LogP contribution is -2.23. The summed E-state index contributed by atoms with van der Waals surface area (Å²) in [5.74, 6) is -0.258. The van der Waals surface area contributed by atoms with Crippen LogP contribution in [0.25, 0.3) is 0 Å². The summed E-state index contributed by atoms with van der Waals surface area (Å²) in [6.07, 6.45) is 0. The predicted molar refractivity (Wildman–Crippen MR) is 77.6 cm³/mol. The van der Waals surface area contributed by atoms with Crippen molar-refractivity contribution in [2.24, 2.45) is 0 Å². The Morgan fingerprint density at radius 2 is 1.85 bits per heavy atom. The van der Waals surface area contributed by atoms with Crippen molar-refractivity contribution in [3.05, 3.63) is 59.2 Å². The van der Waals surface area contributed by atoms with Gasteiger partial charge in [0.05, 0.1) is 11.6 Å². The van der Waals surface area contributed by atoms with Crippen LogP contribution in [0.2, 0.25) is 0 Å². The van der Waals surface area contributed by atoms with Crippen LogP contribution >= 0.6 is 0 Å². The van der Waals surface area contributed by atoms with Gasteiger partial charge in [0.15, 0.2) is 0 Å². The molecule has 5 N–H and O–H groups in total. The summed E-state index contributed by atoms with van der Waals surface area (Å²) in [5.41, 5.74) is 14.0. The molecule has 100 valence electrons. The highest BCUT2D eigenvalue weighted by Crippen LogP contribution is 2.13. The Kier molecular flexibility index (Phi) is 3.87. The van der Waals surface area contributed by atoms with E-state index in [1.54, 1.807) is 36.4 Å². The summed E-state index contributed by atoms with van der Waals surface area (Å²) >= 11 is 0. The molecule has 0 saturated heterocycles. The third-order valence-corrected chi connectivity index (χ3v) is 2.75. The Morgan fingerprint density at radius 1 is 1.15 bits per heavy atom. The highest BCUT2D eigenvalue weighted by Gasteiger charge is 2.07. The lowest BCUT2D eigenvalue weighted by Gasteiger charge is -2.07. The van der Waals surface area contributed by atoms with Crippen LogP contribution in [0, 0.1) is 11.3 Å². The molecule has 0 radical (unpaired) electrons. The third kappa shape index (κ3) is 3.27. The fraction of sp³-hybridized carbons (Fsp3) is 0.0667. The zero-order valence-electron chi connectivity index (χ0n) is 10.8. The van der Waals surface area contributed by atoms with E-state index in [2.05, 4.69) is 11.4 Å². The van der Waals surface area contributed by atoms with Gasteiger partial charge in [-0.3, -0.25) is 4.79 Å². The number of nitrogens with two attached hydrogens (primary N) is 2. The number of nitrogens with one attached hydrogen (secondary N) is 1. The van der Waals surface area contributed by atoms with Gasteiger partial charge in [-0.05, 0) is 35.9 Å². The number of nitrogen functional groups attached to an aromatic ring is 2. The van der Waals surface area contributed by atoms with Crippen molar-refractivity contribution in [2.75, 3.05) is 11.5 Å². The molecule has 5 nitrogen and oxygen atoms in total. The van der Waals surface area contributed by atoms with E-state index in [9.17, 15) is 4.79 Å². The summed E-state index contributed by atoms with van der Waals surface area (Å²) in [7, 11) is 0. The molecule has 2 aromatic carbocycles. The van der Waals surface area contributed by atoms with Gasteiger partial charge in [-0.1, -0.05) is 12.1 Å². The van der Waals surface area contributed by atoms with Gasteiger partial charge >= 0.3 is 0 Å². The molecule has 0 unspecified atom stereocenters. The number of rotatable bonds is 3. The van der Waals surface area contributed by atoms with Gasteiger partial charge in [-0.25, -0.2) is 0 Å². The van der Waals surface area contributed by atoms with E-state index in [1.165, 1.54) is 0 Å². The monoisotopic (exact) mass is 266 g/mol. The van der Waals surface area contributed by atoms with Crippen LogP contribution in [0.1, 0.15) is 21.5 Å². The van der Waals surface area contributed by atoms with Crippen molar-refractivity contribution in [2.45, 2.75) is 6.54 Å². The first-order valence-corrected chi connectivity index (χ1v) is 6.02. The van der Waals surface area contributed by atoms with Crippen molar-refractivity contribution in [3.63, 3.8) is 0 Å². The van der Waals surface area contributed by atoms with Gasteiger partial charge in [0.25, 0.3) is 5.91 Å². The minimum absolute atomic E-state index is 0.258. The number of benzene rings is 2. The molecule has 5 heteroatoms. The van der Waals surface area contributed by atoms with E-state index < -0.39 is 0 Å². The molecule has 0 bridgehead atoms. The average molecular weight is 266 g/mol. The van der Waals surface area contributed by atoms with Crippen LogP contribution in [-0.4, -0.2) is 5.91 Å². The van der Waals surface area contributed by atoms with Gasteiger partial charge in [-0.15, -0.1) is 0 Å². The standard InChI is InChI=1S/C15H14N4O/c16-8-10-2-1-3-11(4-10)9-19-15(20)12-5-13(17)7-14(18)6-12/h1-7H,9,17-18H2,(H,19,20). The van der Waals surface area contributed by atoms with Crippen molar-refractivity contribution >= 4 is 17.3 Å². The third-order valence-electron chi connectivity index (χ3n) is 2.75. The predicted octanol–water partition coefficient (Wildman–Crippen LogP) is 1.65. The molecule has 2 rings (SSSR count). The lowest BCUT2D eigenvalue weighted by molar-refractivity contribution is 0.0951. The molecule has 0 aromatic heterocycles. The Hall–Kier alpha value is -3.00. The molecular weight excluding hydrogens is 252 g/mol. The second kappa shape index (κ2) is 5.76. The van der Waals surface area contributed by atoms with Gasteiger partial charge < -0.3 is 16.8 Å². The van der Waals surface area contributed by atoms with Crippen LogP contribution in [-0.2, 0) is 6.54 Å². The highest BCUT2D eigenvalue weighted by atomic mass is 16.1. The van der Waals surface area contributed by atoms with E-state index in [1.807, 2.05) is 6.07 Å². The highest BCUT2D eigenvalue weighted by molar-refractivity contribution is 5.96. The smallest absolute Gasteiger partial charge is 0.251 e. The number of amides is 1. The fourth-order valence-corrected chi connectivity index (χ4v) is 1.84.